The van der Waals surface area contributed by atoms with Crippen LogP contribution in [0.4, 0.5) is 0 Å². The number of hydrogen-bond acceptors (Lipinski definition) is 1. The van der Waals surface area contributed by atoms with Crippen molar-refractivity contribution in [2.45, 2.75) is 67.3 Å². The molecule has 7 rings (SSSR count). The Bertz CT molecular complexity index is 2390. The monoisotopic (exact) mass is 641 g/mol. The van der Waals surface area contributed by atoms with Crippen molar-refractivity contribution in [3.05, 3.63) is 149 Å². The van der Waals surface area contributed by atoms with E-state index in [1.54, 1.807) is 0 Å². The molecule has 0 aliphatic heterocycles. The average molecular weight is 642 g/mol. The quantitative estimate of drug-likeness (QED) is 0.135. The van der Waals surface area contributed by atoms with E-state index in [2.05, 4.69) is 181 Å². The van der Waals surface area contributed by atoms with E-state index in [1.807, 2.05) is 0 Å². The van der Waals surface area contributed by atoms with Crippen LogP contribution in [-0.2, 0) is 19.0 Å². The minimum absolute atomic E-state index is 0.0377. The largest absolute Gasteiger partial charge is 0.258 e. The van der Waals surface area contributed by atoms with Gasteiger partial charge in [0.2, 0.25) is 11.4 Å². The molecule has 0 saturated carbocycles. The van der Waals surface area contributed by atoms with Crippen molar-refractivity contribution >= 4 is 21.5 Å². The third-order valence-electron chi connectivity index (χ3n) is 10.3. The molecule has 3 heteroatoms. The normalized spacial score (nSPS) is 11.9. The van der Waals surface area contributed by atoms with Crippen LogP contribution in [0.15, 0.2) is 109 Å². The summed E-state index contributed by atoms with van der Waals surface area (Å²) in [5.74, 6) is 0. The van der Waals surface area contributed by atoms with Gasteiger partial charge in [-0.15, -0.1) is 0 Å². The first-order chi connectivity index (χ1) is 23.4. The average Bonchev–Trinajstić information content (AvgIpc) is 3.06. The lowest BCUT2D eigenvalue weighted by molar-refractivity contribution is -0.676. The zero-order valence-electron chi connectivity index (χ0n) is 30.4. The number of rotatable bonds is 5. The Morgan fingerprint density at radius 2 is 1.39 bits per heavy atom. The molecule has 4 aromatic carbocycles. The fraction of sp³-hybridized carbons (Fsp3) is 0.239. The molecule has 0 N–H and O–H groups in total. The van der Waals surface area contributed by atoms with Gasteiger partial charge in [-0.05, 0) is 97.5 Å². The Labute approximate surface area is 291 Å². The summed E-state index contributed by atoms with van der Waals surface area (Å²) >= 11 is 0. The van der Waals surface area contributed by atoms with Crippen LogP contribution < -0.4 is 9.13 Å². The second-order valence-electron chi connectivity index (χ2n) is 14.9. The molecule has 0 atom stereocenters. The molecule has 3 heterocycles. The molecule has 0 radical (unpaired) electrons. The van der Waals surface area contributed by atoms with Crippen LogP contribution in [0.5, 0.6) is 0 Å². The SMILES string of the molecule is Cc1cc(C)c(C)c(-c2c3ccc4c(C)nc(C)cc4c3cc[n+]2Cc2ccc(-c3ccccc3)cc2-c2cc(C(C)(C)C)cc[n+]2C)c1. The molecule has 0 unspecified atom stereocenters. The summed E-state index contributed by atoms with van der Waals surface area (Å²) in [5.41, 5.74) is 16.1. The van der Waals surface area contributed by atoms with E-state index in [4.69, 9.17) is 4.98 Å². The zero-order chi connectivity index (χ0) is 34.6. The molecular weight excluding hydrogens is 595 g/mol. The minimum Gasteiger partial charge on any atom is -0.258 e. The summed E-state index contributed by atoms with van der Waals surface area (Å²) in [6.45, 7) is 18.5. The molecule has 3 nitrogen and oxygen atoms in total. The number of nitrogens with zero attached hydrogens (tertiary/aromatic N) is 3. The van der Waals surface area contributed by atoms with Crippen molar-refractivity contribution in [1.29, 1.82) is 0 Å². The summed E-state index contributed by atoms with van der Waals surface area (Å²) < 4.78 is 4.75. The third kappa shape index (κ3) is 6.04. The summed E-state index contributed by atoms with van der Waals surface area (Å²) in [5, 5.41) is 5.00. The van der Waals surface area contributed by atoms with Gasteiger partial charge in [0, 0.05) is 45.9 Å². The molecule has 0 aliphatic carbocycles. The van der Waals surface area contributed by atoms with Gasteiger partial charge in [0.25, 0.3) is 0 Å². The highest BCUT2D eigenvalue weighted by atomic mass is 15.0. The molecule has 7 aromatic rings. The van der Waals surface area contributed by atoms with Gasteiger partial charge in [-0.3, -0.25) is 4.98 Å². The Balaban J connectivity index is 1.51. The number of hydrogen-bond donors (Lipinski definition) is 0. The maximum absolute atomic E-state index is 4.79. The lowest BCUT2D eigenvalue weighted by Gasteiger charge is -2.19. The first kappa shape index (κ1) is 32.4. The van der Waals surface area contributed by atoms with Crippen LogP contribution in [0.2, 0.25) is 0 Å². The van der Waals surface area contributed by atoms with E-state index in [9.17, 15) is 0 Å². The molecule has 0 saturated heterocycles. The predicted molar refractivity (Wildman–Crippen MR) is 205 cm³/mol. The van der Waals surface area contributed by atoms with E-state index >= 15 is 0 Å². The fourth-order valence-corrected chi connectivity index (χ4v) is 7.42. The fourth-order valence-electron chi connectivity index (χ4n) is 7.42. The molecule has 0 spiro atoms. The number of benzene rings is 4. The molecule has 0 bridgehead atoms. The Hall–Kier alpha value is -5.15. The van der Waals surface area contributed by atoms with Crippen LogP contribution in [-0.4, -0.2) is 4.98 Å². The maximum Gasteiger partial charge on any atom is 0.220 e. The lowest BCUT2D eigenvalue weighted by Crippen LogP contribution is -2.38. The van der Waals surface area contributed by atoms with Crippen LogP contribution >= 0.6 is 0 Å². The number of aryl methyl sites for hydroxylation is 5. The van der Waals surface area contributed by atoms with E-state index in [0.717, 1.165) is 17.9 Å². The summed E-state index contributed by atoms with van der Waals surface area (Å²) in [6, 6.07) is 36.2. The summed E-state index contributed by atoms with van der Waals surface area (Å²) in [4.78, 5) is 4.79. The van der Waals surface area contributed by atoms with Gasteiger partial charge >= 0.3 is 0 Å². The van der Waals surface area contributed by atoms with E-state index in [-0.39, 0.29) is 5.41 Å². The van der Waals surface area contributed by atoms with E-state index in [1.165, 1.54) is 83.0 Å². The second-order valence-corrected chi connectivity index (χ2v) is 14.9. The minimum atomic E-state index is 0.0377. The van der Waals surface area contributed by atoms with Crippen molar-refractivity contribution in [1.82, 2.24) is 4.98 Å². The molecule has 0 aliphatic rings. The lowest BCUT2D eigenvalue weighted by atomic mass is 9.86. The number of pyridine rings is 3. The van der Waals surface area contributed by atoms with Crippen molar-refractivity contribution < 1.29 is 9.13 Å². The second kappa shape index (κ2) is 12.4. The third-order valence-corrected chi connectivity index (χ3v) is 10.3. The maximum atomic E-state index is 4.79. The van der Waals surface area contributed by atoms with Crippen LogP contribution in [0, 0.1) is 34.6 Å². The van der Waals surface area contributed by atoms with Gasteiger partial charge in [-0.2, -0.15) is 4.57 Å². The predicted octanol–water partition coefficient (Wildman–Crippen LogP) is 10.4. The first-order valence-electron chi connectivity index (χ1n) is 17.4. The van der Waals surface area contributed by atoms with Crippen LogP contribution in [0.25, 0.3) is 55.2 Å². The van der Waals surface area contributed by atoms with Crippen molar-refractivity contribution in [3.8, 4) is 33.6 Å². The number of aromatic nitrogens is 3. The summed E-state index contributed by atoms with van der Waals surface area (Å²) in [7, 11) is 2.16. The summed E-state index contributed by atoms with van der Waals surface area (Å²) in [6.07, 6.45) is 4.52. The van der Waals surface area contributed by atoms with Gasteiger partial charge in [0.15, 0.2) is 18.9 Å². The Morgan fingerprint density at radius 3 is 2.14 bits per heavy atom. The first-order valence-corrected chi connectivity index (χ1v) is 17.4. The molecular formula is C46H47N3+2. The zero-order valence-corrected chi connectivity index (χ0v) is 30.4. The van der Waals surface area contributed by atoms with Gasteiger partial charge in [-0.25, -0.2) is 4.57 Å². The van der Waals surface area contributed by atoms with Crippen molar-refractivity contribution in [3.63, 3.8) is 0 Å². The van der Waals surface area contributed by atoms with Crippen LogP contribution in [0.3, 0.4) is 0 Å². The van der Waals surface area contributed by atoms with E-state index in [0.29, 0.717) is 0 Å². The Kier molecular flexibility index (Phi) is 8.19. The van der Waals surface area contributed by atoms with Crippen LogP contribution in [0.1, 0.15) is 60.0 Å². The standard InChI is InChI=1S/C46H47N3/c1-29-23-30(2)32(4)41(24-29)45-40-18-17-38-33(5)47-31(3)25-43(38)39(40)20-22-49(45)28-36-16-15-35(34-13-11-10-12-14-34)26-42(36)44-27-37(46(6,7)8)19-21-48(44)9/h10-27H,28H2,1-9H3/q+2. The van der Waals surface area contributed by atoms with Crippen molar-refractivity contribution in [2.24, 2.45) is 7.05 Å². The Morgan fingerprint density at radius 1 is 0.633 bits per heavy atom. The smallest absolute Gasteiger partial charge is 0.220 e. The molecule has 3 aromatic heterocycles. The van der Waals surface area contributed by atoms with Gasteiger partial charge in [0.1, 0.15) is 7.05 Å². The molecule has 49 heavy (non-hydrogen) atoms. The molecule has 244 valence electrons. The van der Waals surface area contributed by atoms with Gasteiger partial charge < -0.3 is 0 Å². The highest BCUT2D eigenvalue weighted by molar-refractivity contribution is 6.11. The number of fused-ring (bicyclic) bond motifs is 3. The topological polar surface area (TPSA) is 20.6 Å². The molecule has 0 fully saturated rings. The highest BCUT2D eigenvalue weighted by Gasteiger charge is 2.26. The van der Waals surface area contributed by atoms with Gasteiger partial charge in [-0.1, -0.05) is 80.9 Å². The van der Waals surface area contributed by atoms with E-state index < -0.39 is 0 Å². The van der Waals surface area contributed by atoms with Gasteiger partial charge in [0.05, 0.1) is 16.5 Å². The molecule has 0 amide bonds. The highest BCUT2D eigenvalue weighted by Crippen LogP contribution is 2.36. The van der Waals surface area contributed by atoms with Crippen molar-refractivity contribution in [2.75, 3.05) is 0 Å².